The van der Waals surface area contributed by atoms with E-state index in [4.69, 9.17) is 12.2 Å². The highest BCUT2D eigenvalue weighted by Gasteiger charge is 2.07. The van der Waals surface area contributed by atoms with Crippen LogP contribution in [-0.2, 0) is 0 Å². The second-order valence-electron chi connectivity index (χ2n) is 3.83. The van der Waals surface area contributed by atoms with Gasteiger partial charge in [-0.2, -0.15) is 0 Å². The van der Waals surface area contributed by atoms with Gasteiger partial charge in [-0.25, -0.2) is 8.78 Å². The van der Waals surface area contributed by atoms with Crippen molar-refractivity contribution in [3.63, 3.8) is 0 Å². The van der Waals surface area contributed by atoms with Crippen LogP contribution < -0.4 is 10.6 Å². The van der Waals surface area contributed by atoms with Gasteiger partial charge < -0.3 is 10.6 Å². The molecule has 0 aliphatic rings. The van der Waals surface area contributed by atoms with E-state index in [9.17, 15) is 8.78 Å². The molecule has 0 atom stereocenters. The van der Waals surface area contributed by atoms with Crippen molar-refractivity contribution in [1.29, 1.82) is 0 Å². The molecule has 2 aromatic carbocycles. The zero-order valence-electron chi connectivity index (χ0n) is 9.88. The normalized spacial score (nSPS) is 10.2. The third-order valence-electron chi connectivity index (χ3n) is 2.36. The van der Waals surface area contributed by atoms with Crippen molar-refractivity contribution in [3.05, 3.63) is 57.0 Å². The van der Waals surface area contributed by atoms with Crippen molar-refractivity contribution in [1.82, 2.24) is 0 Å². The number of thiocarbonyl (C=S) groups is 1. The Bertz CT molecular complexity index is 609. The molecule has 0 saturated carbocycles. The minimum absolute atomic E-state index is 0.108. The fourth-order valence-electron chi connectivity index (χ4n) is 1.46. The highest BCUT2D eigenvalue weighted by Crippen LogP contribution is 2.26. The van der Waals surface area contributed by atoms with Crippen LogP contribution in [0.2, 0.25) is 0 Å². The molecule has 0 heterocycles. The van der Waals surface area contributed by atoms with Crippen LogP contribution in [0.1, 0.15) is 0 Å². The van der Waals surface area contributed by atoms with Crippen molar-refractivity contribution in [2.24, 2.45) is 0 Å². The number of hydrogen-bond donors (Lipinski definition) is 2. The third kappa shape index (κ3) is 3.97. The average molecular weight is 422 g/mol. The number of benzene rings is 2. The Balaban J connectivity index is 2.09. The molecule has 0 amide bonds. The van der Waals surface area contributed by atoms with Crippen molar-refractivity contribution < 1.29 is 8.78 Å². The highest BCUT2D eigenvalue weighted by atomic mass is 79.9. The quantitative estimate of drug-likeness (QED) is 0.643. The molecular weight excluding hydrogens is 414 g/mol. The minimum atomic E-state index is -0.705. The summed E-state index contributed by atoms with van der Waals surface area (Å²) in [7, 11) is 0. The van der Waals surface area contributed by atoms with Gasteiger partial charge in [0.1, 0.15) is 11.6 Å². The molecular formula is C13H8Br2F2N2S. The summed E-state index contributed by atoms with van der Waals surface area (Å²) < 4.78 is 28.0. The van der Waals surface area contributed by atoms with Crippen LogP contribution in [0.3, 0.4) is 0 Å². The molecule has 0 aromatic heterocycles. The molecule has 0 unspecified atom stereocenters. The van der Waals surface area contributed by atoms with Gasteiger partial charge in [0.2, 0.25) is 0 Å². The molecule has 0 saturated heterocycles. The van der Waals surface area contributed by atoms with E-state index in [-0.39, 0.29) is 10.8 Å². The van der Waals surface area contributed by atoms with Crippen LogP contribution in [0.15, 0.2) is 45.3 Å². The van der Waals surface area contributed by atoms with Crippen molar-refractivity contribution in [2.45, 2.75) is 0 Å². The maximum atomic E-state index is 13.5. The first-order valence-electron chi connectivity index (χ1n) is 5.44. The van der Waals surface area contributed by atoms with Crippen LogP contribution >= 0.6 is 44.1 Å². The van der Waals surface area contributed by atoms with Crippen molar-refractivity contribution >= 4 is 60.6 Å². The zero-order chi connectivity index (χ0) is 14.7. The van der Waals surface area contributed by atoms with E-state index < -0.39 is 11.6 Å². The van der Waals surface area contributed by atoms with Crippen molar-refractivity contribution in [3.8, 4) is 0 Å². The lowest BCUT2D eigenvalue weighted by Crippen LogP contribution is -2.20. The molecule has 0 bridgehead atoms. The molecule has 2 N–H and O–H groups in total. The lowest BCUT2D eigenvalue weighted by molar-refractivity contribution is 0.586. The Kier molecular flexibility index (Phi) is 5.06. The van der Waals surface area contributed by atoms with E-state index in [2.05, 4.69) is 42.5 Å². The third-order valence-corrected chi connectivity index (χ3v) is 3.71. The molecule has 104 valence electrons. The van der Waals surface area contributed by atoms with Crippen LogP contribution in [0, 0.1) is 11.6 Å². The Hall–Kier alpha value is -1.05. The first-order chi connectivity index (χ1) is 9.45. The summed E-state index contributed by atoms with van der Waals surface area (Å²) in [6, 6.07) is 8.74. The Labute approximate surface area is 136 Å². The summed E-state index contributed by atoms with van der Waals surface area (Å²) in [5.41, 5.74) is 0.838. The molecule has 0 fully saturated rings. The number of nitrogens with one attached hydrogen (secondary N) is 2. The number of halogens is 4. The van der Waals surface area contributed by atoms with Gasteiger partial charge in [0.05, 0.1) is 11.4 Å². The topological polar surface area (TPSA) is 24.1 Å². The second-order valence-corrected chi connectivity index (χ2v) is 6.01. The Morgan fingerprint density at radius 3 is 2.25 bits per heavy atom. The van der Waals surface area contributed by atoms with E-state index in [1.807, 2.05) is 18.2 Å². The molecule has 0 spiro atoms. The first-order valence-corrected chi connectivity index (χ1v) is 7.43. The standard InChI is InChI=1S/C13H8Br2F2N2S/c14-7-1-3-11(9(15)5-7)18-13(20)19-12-4-2-8(16)6-10(12)17/h1-6H,(H2,18,19,20). The Morgan fingerprint density at radius 2 is 1.60 bits per heavy atom. The van der Waals surface area contributed by atoms with Gasteiger partial charge in [-0.3, -0.25) is 0 Å². The number of rotatable bonds is 2. The molecule has 2 rings (SSSR count). The first kappa shape index (κ1) is 15.3. The predicted molar refractivity (Wildman–Crippen MR) is 88.0 cm³/mol. The van der Waals surface area contributed by atoms with E-state index in [1.54, 1.807) is 0 Å². The number of hydrogen-bond acceptors (Lipinski definition) is 1. The van der Waals surface area contributed by atoms with E-state index in [1.165, 1.54) is 6.07 Å². The summed E-state index contributed by atoms with van der Waals surface area (Å²) >= 11 is 11.8. The summed E-state index contributed by atoms with van der Waals surface area (Å²) in [6.45, 7) is 0. The lowest BCUT2D eigenvalue weighted by Gasteiger charge is -2.12. The fraction of sp³-hybridized carbons (Fsp3) is 0. The summed E-state index contributed by atoms with van der Waals surface area (Å²) in [5.74, 6) is -1.34. The molecule has 0 aliphatic carbocycles. The van der Waals surface area contributed by atoms with Gasteiger partial charge in [-0.05, 0) is 58.5 Å². The zero-order valence-corrected chi connectivity index (χ0v) is 13.9. The van der Waals surface area contributed by atoms with Gasteiger partial charge in [0.25, 0.3) is 0 Å². The molecule has 0 aliphatic heterocycles. The predicted octanol–water partition coefficient (Wildman–Crippen LogP) is 5.30. The average Bonchev–Trinajstić information content (AvgIpc) is 2.36. The van der Waals surface area contributed by atoms with Gasteiger partial charge in [-0.15, -0.1) is 0 Å². The Morgan fingerprint density at radius 1 is 0.950 bits per heavy atom. The van der Waals surface area contributed by atoms with Crippen LogP contribution in [-0.4, -0.2) is 5.11 Å². The molecule has 2 aromatic rings. The molecule has 2 nitrogen and oxygen atoms in total. The van der Waals surface area contributed by atoms with E-state index in [0.717, 1.165) is 26.8 Å². The molecule has 20 heavy (non-hydrogen) atoms. The van der Waals surface area contributed by atoms with Crippen LogP contribution in [0.4, 0.5) is 20.2 Å². The lowest BCUT2D eigenvalue weighted by atomic mass is 10.3. The maximum absolute atomic E-state index is 13.5. The van der Waals surface area contributed by atoms with E-state index in [0.29, 0.717) is 0 Å². The largest absolute Gasteiger partial charge is 0.332 e. The fourth-order valence-corrected chi connectivity index (χ4v) is 2.82. The highest BCUT2D eigenvalue weighted by molar-refractivity contribution is 9.11. The van der Waals surface area contributed by atoms with Crippen LogP contribution in [0.5, 0.6) is 0 Å². The van der Waals surface area contributed by atoms with Gasteiger partial charge in [0, 0.05) is 15.0 Å². The van der Waals surface area contributed by atoms with Gasteiger partial charge >= 0.3 is 0 Å². The minimum Gasteiger partial charge on any atom is -0.332 e. The summed E-state index contributed by atoms with van der Waals surface area (Å²) in [5, 5.41) is 5.80. The van der Waals surface area contributed by atoms with Gasteiger partial charge in [-0.1, -0.05) is 15.9 Å². The monoisotopic (exact) mass is 420 g/mol. The second kappa shape index (κ2) is 6.60. The van der Waals surface area contributed by atoms with Gasteiger partial charge in [0.15, 0.2) is 5.11 Å². The van der Waals surface area contributed by atoms with E-state index >= 15 is 0 Å². The molecule has 7 heteroatoms. The molecule has 0 radical (unpaired) electrons. The summed E-state index contributed by atoms with van der Waals surface area (Å²) in [4.78, 5) is 0. The smallest absolute Gasteiger partial charge is 0.175 e. The summed E-state index contributed by atoms with van der Waals surface area (Å²) in [6.07, 6.45) is 0. The SMILES string of the molecule is Fc1ccc(NC(=S)Nc2ccc(Br)cc2Br)c(F)c1. The number of anilines is 2. The van der Waals surface area contributed by atoms with Crippen molar-refractivity contribution in [2.75, 3.05) is 10.6 Å². The maximum Gasteiger partial charge on any atom is 0.175 e. The van der Waals surface area contributed by atoms with Crippen LogP contribution in [0.25, 0.3) is 0 Å².